The van der Waals surface area contributed by atoms with Crippen LogP contribution in [0.15, 0.2) is 18.2 Å². The molecule has 2 rings (SSSR count). The average Bonchev–Trinajstić information content (AvgIpc) is 2.58. The Morgan fingerprint density at radius 1 is 1.32 bits per heavy atom. The van der Waals surface area contributed by atoms with Crippen LogP contribution < -0.4 is 10.5 Å². The fourth-order valence-corrected chi connectivity index (χ4v) is 2.96. The van der Waals surface area contributed by atoms with E-state index >= 15 is 0 Å². The van der Waals surface area contributed by atoms with Crippen LogP contribution in [0.1, 0.15) is 49.6 Å². The van der Waals surface area contributed by atoms with Gasteiger partial charge in [0.25, 0.3) is 0 Å². The number of hydrogen-bond acceptors (Lipinski definition) is 5. The predicted octanol–water partition coefficient (Wildman–Crippen LogP) is 4.07. The van der Waals surface area contributed by atoms with Crippen molar-refractivity contribution in [3.05, 3.63) is 45.7 Å². The van der Waals surface area contributed by atoms with Crippen molar-refractivity contribution >= 4 is 17.5 Å². The molecule has 2 N–H and O–H groups in total. The number of rotatable bonds is 6. The number of anilines is 1. The minimum atomic E-state index is -0.589. The van der Waals surface area contributed by atoms with Gasteiger partial charge >= 0.3 is 0 Å². The standard InChI is InChI=1S/C19H23ClN4O/c1-5-6-15-14(17(20)24-18(22)23-15)10-12-9-13(19(2,3)11-21)7-8-16(12)25-4/h7-9H,5-6,10H2,1-4H3,(H2,22,23,24). The van der Waals surface area contributed by atoms with Gasteiger partial charge in [0.2, 0.25) is 5.95 Å². The van der Waals surface area contributed by atoms with E-state index < -0.39 is 5.41 Å². The number of aryl methyl sites for hydroxylation is 1. The molecule has 0 saturated heterocycles. The Kier molecular flexibility index (Phi) is 5.86. The molecule has 0 fully saturated rings. The Balaban J connectivity index is 2.53. The van der Waals surface area contributed by atoms with Crippen molar-refractivity contribution < 1.29 is 4.74 Å². The molecule has 0 amide bonds. The lowest BCUT2D eigenvalue weighted by molar-refractivity contribution is 0.410. The molecule has 0 bridgehead atoms. The highest BCUT2D eigenvalue weighted by atomic mass is 35.5. The minimum Gasteiger partial charge on any atom is -0.496 e. The summed E-state index contributed by atoms with van der Waals surface area (Å²) >= 11 is 6.35. The molecule has 0 aliphatic heterocycles. The van der Waals surface area contributed by atoms with Crippen LogP contribution in [0.2, 0.25) is 5.15 Å². The predicted molar refractivity (Wildman–Crippen MR) is 99.9 cm³/mol. The number of nitrogen functional groups attached to an aromatic ring is 1. The maximum atomic E-state index is 9.41. The first-order chi connectivity index (χ1) is 11.8. The number of halogens is 1. The molecule has 132 valence electrons. The molecule has 2 aromatic rings. The SMILES string of the molecule is CCCc1nc(N)nc(Cl)c1Cc1cc(C(C)(C)C#N)ccc1OC. The molecular formula is C19H23ClN4O. The number of nitrogens with zero attached hydrogens (tertiary/aromatic N) is 3. The van der Waals surface area contributed by atoms with Gasteiger partial charge in [-0.05, 0) is 37.5 Å². The zero-order chi connectivity index (χ0) is 18.6. The zero-order valence-corrected chi connectivity index (χ0v) is 15.8. The van der Waals surface area contributed by atoms with Crippen LogP contribution in [0, 0.1) is 11.3 Å². The van der Waals surface area contributed by atoms with Crippen LogP contribution in [0.3, 0.4) is 0 Å². The molecule has 0 aliphatic rings. The molecule has 6 heteroatoms. The lowest BCUT2D eigenvalue weighted by Crippen LogP contribution is -2.14. The summed E-state index contributed by atoms with van der Waals surface area (Å²) in [5.74, 6) is 0.927. The first kappa shape index (κ1) is 19.0. The number of hydrogen-bond donors (Lipinski definition) is 1. The average molecular weight is 359 g/mol. The Morgan fingerprint density at radius 3 is 2.64 bits per heavy atom. The molecule has 0 atom stereocenters. The Morgan fingerprint density at radius 2 is 2.04 bits per heavy atom. The number of ether oxygens (including phenoxy) is 1. The Hall–Kier alpha value is -2.32. The normalized spacial score (nSPS) is 11.2. The molecule has 0 radical (unpaired) electrons. The van der Waals surface area contributed by atoms with Crippen molar-refractivity contribution in [2.24, 2.45) is 0 Å². The second kappa shape index (κ2) is 7.71. The molecule has 25 heavy (non-hydrogen) atoms. The van der Waals surface area contributed by atoms with Crippen LogP contribution in [0.5, 0.6) is 5.75 Å². The molecule has 1 heterocycles. The van der Waals surface area contributed by atoms with E-state index in [1.807, 2.05) is 32.0 Å². The smallest absolute Gasteiger partial charge is 0.221 e. The summed E-state index contributed by atoms with van der Waals surface area (Å²) in [4.78, 5) is 8.45. The number of nitrogens with two attached hydrogens (primary N) is 1. The van der Waals surface area contributed by atoms with Gasteiger partial charge in [-0.15, -0.1) is 0 Å². The topological polar surface area (TPSA) is 84.8 Å². The summed E-state index contributed by atoms with van der Waals surface area (Å²) < 4.78 is 5.49. The van der Waals surface area contributed by atoms with Crippen LogP contribution in [0.25, 0.3) is 0 Å². The van der Waals surface area contributed by atoms with E-state index in [4.69, 9.17) is 22.1 Å². The van der Waals surface area contributed by atoms with E-state index in [9.17, 15) is 5.26 Å². The van der Waals surface area contributed by atoms with E-state index in [0.717, 1.165) is 41.0 Å². The highest BCUT2D eigenvalue weighted by Crippen LogP contribution is 2.31. The van der Waals surface area contributed by atoms with Crippen LogP contribution in [-0.2, 0) is 18.3 Å². The number of nitriles is 1. The molecular weight excluding hydrogens is 336 g/mol. The third kappa shape index (κ3) is 4.21. The van der Waals surface area contributed by atoms with Crippen molar-refractivity contribution in [2.75, 3.05) is 12.8 Å². The Labute approximate surface area is 153 Å². The molecule has 0 aliphatic carbocycles. The van der Waals surface area contributed by atoms with Gasteiger partial charge in [-0.25, -0.2) is 9.97 Å². The summed E-state index contributed by atoms with van der Waals surface area (Å²) in [5, 5.41) is 9.77. The van der Waals surface area contributed by atoms with E-state index in [0.29, 0.717) is 11.6 Å². The lowest BCUT2D eigenvalue weighted by atomic mass is 9.84. The summed E-state index contributed by atoms with van der Waals surface area (Å²) in [5.41, 5.74) is 8.72. The lowest BCUT2D eigenvalue weighted by Gasteiger charge is -2.19. The third-order valence-corrected chi connectivity index (χ3v) is 4.51. The van der Waals surface area contributed by atoms with Gasteiger partial charge in [0, 0.05) is 12.0 Å². The van der Waals surface area contributed by atoms with Gasteiger partial charge in [-0.1, -0.05) is 37.1 Å². The van der Waals surface area contributed by atoms with Gasteiger partial charge in [0.05, 0.1) is 24.3 Å². The van der Waals surface area contributed by atoms with Crippen LogP contribution in [-0.4, -0.2) is 17.1 Å². The van der Waals surface area contributed by atoms with E-state index in [2.05, 4.69) is 23.0 Å². The van der Waals surface area contributed by atoms with Gasteiger partial charge in [-0.3, -0.25) is 0 Å². The van der Waals surface area contributed by atoms with Gasteiger partial charge in [0.15, 0.2) is 0 Å². The first-order valence-corrected chi connectivity index (χ1v) is 8.59. The second-order valence-corrected chi connectivity index (χ2v) is 6.85. The maximum Gasteiger partial charge on any atom is 0.221 e. The summed E-state index contributed by atoms with van der Waals surface area (Å²) in [6.45, 7) is 5.85. The van der Waals surface area contributed by atoms with E-state index in [-0.39, 0.29) is 5.95 Å². The van der Waals surface area contributed by atoms with Crippen molar-refractivity contribution in [2.45, 2.75) is 45.4 Å². The number of benzene rings is 1. The molecule has 0 saturated carbocycles. The Bertz CT molecular complexity index is 812. The largest absolute Gasteiger partial charge is 0.496 e. The fourth-order valence-electron chi connectivity index (χ4n) is 2.70. The van der Waals surface area contributed by atoms with Crippen molar-refractivity contribution in [3.8, 4) is 11.8 Å². The van der Waals surface area contributed by atoms with Gasteiger partial charge in [-0.2, -0.15) is 5.26 Å². The summed E-state index contributed by atoms with van der Waals surface area (Å²) in [6.07, 6.45) is 2.22. The van der Waals surface area contributed by atoms with E-state index in [1.165, 1.54) is 0 Å². The third-order valence-electron chi connectivity index (χ3n) is 4.20. The van der Waals surface area contributed by atoms with E-state index in [1.54, 1.807) is 7.11 Å². The first-order valence-electron chi connectivity index (χ1n) is 8.21. The molecule has 0 spiro atoms. The van der Waals surface area contributed by atoms with Crippen molar-refractivity contribution in [1.29, 1.82) is 5.26 Å². The quantitative estimate of drug-likeness (QED) is 0.787. The number of methoxy groups -OCH3 is 1. The maximum absolute atomic E-state index is 9.41. The minimum absolute atomic E-state index is 0.184. The highest BCUT2D eigenvalue weighted by molar-refractivity contribution is 6.30. The fraction of sp³-hybridized carbons (Fsp3) is 0.421. The zero-order valence-electron chi connectivity index (χ0n) is 15.1. The molecule has 0 unspecified atom stereocenters. The van der Waals surface area contributed by atoms with Gasteiger partial charge in [0.1, 0.15) is 10.9 Å². The highest BCUT2D eigenvalue weighted by Gasteiger charge is 2.22. The monoisotopic (exact) mass is 358 g/mol. The second-order valence-electron chi connectivity index (χ2n) is 6.49. The van der Waals surface area contributed by atoms with Crippen molar-refractivity contribution in [3.63, 3.8) is 0 Å². The summed E-state index contributed by atoms with van der Waals surface area (Å²) in [6, 6.07) is 8.12. The van der Waals surface area contributed by atoms with Crippen LogP contribution in [0.4, 0.5) is 5.95 Å². The molecule has 1 aromatic heterocycles. The number of aromatic nitrogens is 2. The summed E-state index contributed by atoms with van der Waals surface area (Å²) in [7, 11) is 1.63. The molecule has 5 nitrogen and oxygen atoms in total. The van der Waals surface area contributed by atoms with Crippen molar-refractivity contribution in [1.82, 2.24) is 9.97 Å². The van der Waals surface area contributed by atoms with Gasteiger partial charge < -0.3 is 10.5 Å². The van der Waals surface area contributed by atoms with Crippen LogP contribution >= 0.6 is 11.6 Å². The molecule has 1 aromatic carbocycles.